The van der Waals surface area contributed by atoms with E-state index in [4.69, 9.17) is 0 Å². The maximum Gasteiger partial charge on any atom is 0.274 e. The fourth-order valence-electron chi connectivity index (χ4n) is 2.70. The third kappa shape index (κ3) is 3.85. The van der Waals surface area contributed by atoms with Crippen molar-refractivity contribution in [1.82, 2.24) is 4.90 Å². The lowest BCUT2D eigenvalue weighted by Crippen LogP contribution is -2.29. The maximum atomic E-state index is 12.4. The van der Waals surface area contributed by atoms with Crippen molar-refractivity contribution in [3.05, 3.63) is 33.9 Å². The Labute approximate surface area is 134 Å². The second kappa shape index (κ2) is 7.21. The smallest absolute Gasteiger partial charge is 0.274 e. The van der Waals surface area contributed by atoms with E-state index in [2.05, 4.69) is 12.2 Å². The van der Waals surface area contributed by atoms with Gasteiger partial charge >= 0.3 is 0 Å². The van der Waals surface area contributed by atoms with Gasteiger partial charge in [-0.15, -0.1) is 0 Å². The standard InChI is InChI=1S/C16H21N3O4/c1-3-4-8-18-10-12(9-15(18)20)16(21)17-13-6-5-7-14(11(13)2)19(22)23/h5-7,12H,3-4,8-10H2,1-2H3,(H,17,21). The van der Waals surface area contributed by atoms with E-state index in [9.17, 15) is 19.7 Å². The Balaban J connectivity index is 2.04. The van der Waals surface area contributed by atoms with Crippen LogP contribution in [0, 0.1) is 23.0 Å². The summed E-state index contributed by atoms with van der Waals surface area (Å²) in [5.41, 5.74) is 0.802. The van der Waals surface area contributed by atoms with Gasteiger partial charge in [-0.1, -0.05) is 19.4 Å². The van der Waals surface area contributed by atoms with Crippen molar-refractivity contribution in [2.45, 2.75) is 33.1 Å². The van der Waals surface area contributed by atoms with Gasteiger partial charge in [0.15, 0.2) is 0 Å². The molecule has 7 nitrogen and oxygen atoms in total. The summed E-state index contributed by atoms with van der Waals surface area (Å²) in [6.07, 6.45) is 2.11. The highest BCUT2D eigenvalue weighted by molar-refractivity contribution is 5.98. The number of hydrogen-bond acceptors (Lipinski definition) is 4. The van der Waals surface area contributed by atoms with Gasteiger partial charge in [-0.2, -0.15) is 0 Å². The van der Waals surface area contributed by atoms with Crippen molar-refractivity contribution in [1.29, 1.82) is 0 Å². The highest BCUT2D eigenvalue weighted by atomic mass is 16.6. The van der Waals surface area contributed by atoms with Gasteiger partial charge in [-0.05, 0) is 19.4 Å². The molecule has 1 heterocycles. The van der Waals surface area contributed by atoms with Crippen LogP contribution in [0.2, 0.25) is 0 Å². The van der Waals surface area contributed by atoms with Crippen LogP contribution in [0.3, 0.4) is 0 Å². The van der Waals surface area contributed by atoms with E-state index in [1.54, 1.807) is 17.9 Å². The molecule has 1 aromatic carbocycles. The van der Waals surface area contributed by atoms with Gasteiger partial charge in [-0.25, -0.2) is 0 Å². The second-order valence-electron chi connectivity index (χ2n) is 5.79. The molecule has 0 aromatic heterocycles. The number of carbonyl (C=O) groups is 2. The van der Waals surface area contributed by atoms with Gasteiger partial charge < -0.3 is 10.2 Å². The lowest BCUT2D eigenvalue weighted by molar-refractivity contribution is -0.385. The number of rotatable bonds is 6. The number of likely N-dealkylation sites (tertiary alicyclic amines) is 1. The number of anilines is 1. The predicted octanol–water partition coefficient (Wildman–Crippen LogP) is 2.49. The SMILES string of the molecule is CCCCN1CC(C(=O)Nc2cccc([N+](=O)[O-])c2C)CC1=O. The van der Waals surface area contributed by atoms with Gasteiger partial charge in [0.2, 0.25) is 11.8 Å². The lowest BCUT2D eigenvalue weighted by Gasteiger charge is -2.16. The van der Waals surface area contributed by atoms with E-state index >= 15 is 0 Å². The number of unbranched alkanes of at least 4 members (excludes halogenated alkanes) is 1. The highest BCUT2D eigenvalue weighted by Gasteiger charge is 2.34. The molecule has 0 aliphatic carbocycles. The molecule has 1 atom stereocenters. The zero-order valence-electron chi connectivity index (χ0n) is 13.4. The van der Waals surface area contributed by atoms with Crippen LogP contribution in [-0.2, 0) is 9.59 Å². The third-order valence-corrected chi connectivity index (χ3v) is 4.13. The van der Waals surface area contributed by atoms with Crippen molar-refractivity contribution in [3.63, 3.8) is 0 Å². The number of nitro benzene ring substituents is 1. The summed E-state index contributed by atoms with van der Waals surface area (Å²) < 4.78 is 0. The molecule has 1 unspecified atom stereocenters. The van der Waals surface area contributed by atoms with Crippen LogP contribution in [0.4, 0.5) is 11.4 Å². The number of carbonyl (C=O) groups excluding carboxylic acids is 2. The van der Waals surface area contributed by atoms with E-state index in [0.717, 1.165) is 12.8 Å². The van der Waals surface area contributed by atoms with Crippen LogP contribution in [0.1, 0.15) is 31.7 Å². The normalized spacial score (nSPS) is 17.4. The summed E-state index contributed by atoms with van der Waals surface area (Å²) in [4.78, 5) is 36.5. The molecule has 1 aliphatic rings. The Morgan fingerprint density at radius 3 is 2.87 bits per heavy atom. The molecule has 1 aromatic rings. The number of hydrogen-bond donors (Lipinski definition) is 1. The van der Waals surface area contributed by atoms with Crippen LogP contribution in [0.15, 0.2) is 18.2 Å². The Morgan fingerprint density at radius 2 is 2.22 bits per heavy atom. The van der Waals surface area contributed by atoms with Crippen molar-refractivity contribution in [2.24, 2.45) is 5.92 Å². The zero-order valence-corrected chi connectivity index (χ0v) is 13.4. The topological polar surface area (TPSA) is 92.6 Å². The van der Waals surface area contributed by atoms with Gasteiger partial charge in [0, 0.05) is 25.6 Å². The summed E-state index contributed by atoms with van der Waals surface area (Å²) in [5, 5.41) is 13.7. The molecule has 0 radical (unpaired) electrons. The molecular formula is C16H21N3O4. The van der Waals surface area contributed by atoms with Crippen molar-refractivity contribution in [2.75, 3.05) is 18.4 Å². The minimum atomic E-state index is -0.476. The third-order valence-electron chi connectivity index (χ3n) is 4.13. The highest BCUT2D eigenvalue weighted by Crippen LogP contribution is 2.27. The Kier molecular flexibility index (Phi) is 5.31. The number of benzene rings is 1. The molecule has 1 aliphatic heterocycles. The van der Waals surface area contributed by atoms with Crippen LogP contribution in [0.5, 0.6) is 0 Å². The Hall–Kier alpha value is -2.44. The van der Waals surface area contributed by atoms with Gasteiger partial charge in [0.25, 0.3) is 5.69 Å². The van der Waals surface area contributed by atoms with Crippen LogP contribution in [-0.4, -0.2) is 34.7 Å². The first kappa shape index (κ1) is 16.9. The quantitative estimate of drug-likeness (QED) is 0.644. The van der Waals surface area contributed by atoms with Crippen molar-refractivity contribution < 1.29 is 14.5 Å². The Bertz CT molecular complexity index is 630. The zero-order chi connectivity index (χ0) is 17.0. The predicted molar refractivity (Wildman–Crippen MR) is 86.1 cm³/mol. The van der Waals surface area contributed by atoms with Crippen LogP contribution in [0.25, 0.3) is 0 Å². The molecule has 0 saturated carbocycles. The average Bonchev–Trinajstić information content (AvgIpc) is 2.88. The largest absolute Gasteiger partial charge is 0.342 e. The van der Waals surface area contributed by atoms with E-state index in [1.807, 2.05) is 0 Å². The minimum absolute atomic E-state index is 0.00522. The summed E-state index contributed by atoms with van der Waals surface area (Å²) in [6, 6.07) is 4.57. The fourth-order valence-corrected chi connectivity index (χ4v) is 2.70. The number of nitrogens with zero attached hydrogens (tertiary/aromatic N) is 2. The Morgan fingerprint density at radius 1 is 1.48 bits per heavy atom. The molecule has 2 rings (SSSR count). The van der Waals surface area contributed by atoms with Gasteiger partial charge in [0.1, 0.15) is 0 Å². The number of nitrogens with one attached hydrogen (secondary N) is 1. The first-order valence-corrected chi connectivity index (χ1v) is 7.76. The molecule has 23 heavy (non-hydrogen) atoms. The molecule has 1 N–H and O–H groups in total. The molecular weight excluding hydrogens is 298 g/mol. The van der Waals surface area contributed by atoms with E-state index in [0.29, 0.717) is 24.3 Å². The minimum Gasteiger partial charge on any atom is -0.342 e. The van der Waals surface area contributed by atoms with Crippen LogP contribution < -0.4 is 5.32 Å². The van der Waals surface area contributed by atoms with E-state index in [-0.39, 0.29) is 23.9 Å². The average molecular weight is 319 g/mol. The molecule has 1 fully saturated rings. The first-order valence-electron chi connectivity index (χ1n) is 7.76. The summed E-state index contributed by atoms with van der Waals surface area (Å²) in [5.74, 6) is -0.673. The number of nitro groups is 1. The fraction of sp³-hybridized carbons (Fsp3) is 0.500. The molecule has 0 spiro atoms. The molecule has 0 bridgehead atoms. The van der Waals surface area contributed by atoms with E-state index < -0.39 is 10.8 Å². The molecule has 124 valence electrons. The number of amides is 2. The lowest BCUT2D eigenvalue weighted by atomic mass is 10.1. The summed E-state index contributed by atoms with van der Waals surface area (Å²) in [6.45, 7) is 4.74. The maximum absolute atomic E-state index is 12.4. The summed E-state index contributed by atoms with van der Waals surface area (Å²) >= 11 is 0. The molecule has 2 amide bonds. The first-order chi connectivity index (χ1) is 10.9. The van der Waals surface area contributed by atoms with Gasteiger partial charge in [-0.3, -0.25) is 19.7 Å². The van der Waals surface area contributed by atoms with Gasteiger partial charge in [0.05, 0.1) is 22.1 Å². The monoisotopic (exact) mass is 319 g/mol. The van der Waals surface area contributed by atoms with Crippen LogP contribution >= 0.6 is 0 Å². The molecule has 7 heteroatoms. The van der Waals surface area contributed by atoms with E-state index in [1.165, 1.54) is 12.1 Å². The van der Waals surface area contributed by atoms with Crippen molar-refractivity contribution >= 4 is 23.2 Å². The molecule has 1 saturated heterocycles. The van der Waals surface area contributed by atoms with Crippen molar-refractivity contribution in [3.8, 4) is 0 Å². The summed E-state index contributed by atoms with van der Waals surface area (Å²) in [7, 11) is 0. The second-order valence-corrected chi connectivity index (χ2v) is 5.79.